The number of nitrogens with two attached hydrogens (primary N) is 1. The van der Waals surface area contributed by atoms with Crippen LogP contribution in [0.1, 0.15) is 30.4 Å². The Morgan fingerprint density at radius 2 is 1.69 bits per heavy atom. The second-order valence-electron chi connectivity index (χ2n) is 8.30. The lowest BCUT2D eigenvalue weighted by molar-refractivity contribution is -0.127. The zero-order valence-electron chi connectivity index (χ0n) is 16.7. The van der Waals surface area contributed by atoms with Crippen LogP contribution in [0.4, 0.5) is 16.2 Å². The fourth-order valence-electron chi connectivity index (χ4n) is 4.81. The number of hydrogen-bond donors (Lipinski definition) is 4. The third-order valence-electron chi connectivity index (χ3n) is 6.21. The molecule has 2 aliphatic rings. The van der Waals surface area contributed by atoms with E-state index in [1.165, 1.54) is 0 Å². The standard InChI is InChI=1S/C23H28N4O2/c1-14-4-2-6-18(10-14)26-23(29)27-19-7-3-5-15(11-19)13-25-22(28)20-16-8-9-17(12-16)21(20)24/h2-7,10-11,16-17,20-21H,8-9,12-13,24H2,1H3,(H,25,28)(H2,26,27,29). The van der Waals surface area contributed by atoms with Crippen LogP contribution in [-0.4, -0.2) is 18.0 Å². The van der Waals surface area contributed by atoms with Gasteiger partial charge in [-0.1, -0.05) is 24.3 Å². The maximum atomic E-state index is 12.6. The van der Waals surface area contributed by atoms with Gasteiger partial charge in [0.2, 0.25) is 5.91 Å². The largest absolute Gasteiger partial charge is 0.352 e. The van der Waals surface area contributed by atoms with Gasteiger partial charge in [0.1, 0.15) is 0 Å². The molecule has 0 heterocycles. The fraction of sp³-hybridized carbons (Fsp3) is 0.391. The SMILES string of the molecule is Cc1cccc(NC(=O)Nc2cccc(CNC(=O)C3C4CCC(C4)C3N)c2)c1. The van der Waals surface area contributed by atoms with Gasteiger partial charge in [0, 0.05) is 24.0 Å². The summed E-state index contributed by atoms with van der Waals surface area (Å²) in [6.07, 6.45) is 3.37. The van der Waals surface area contributed by atoms with Crippen LogP contribution < -0.4 is 21.7 Å². The molecule has 6 nitrogen and oxygen atoms in total. The smallest absolute Gasteiger partial charge is 0.323 e. The summed E-state index contributed by atoms with van der Waals surface area (Å²) in [6.45, 7) is 2.40. The average Bonchev–Trinajstić information content (AvgIpc) is 3.27. The number of amides is 3. The minimum absolute atomic E-state index is 0.00734. The highest BCUT2D eigenvalue weighted by Gasteiger charge is 2.48. The molecular formula is C23H28N4O2. The Hall–Kier alpha value is -2.86. The minimum Gasteiger partial charge on any atom is -0.352 e. The molecule has 0 radical (unpaired) electrons. The normalized spacial score (nSPS) is 24.9. The first kappa shape index (κ1) is 19.5. The van der Waals surface area contributed by atoms with Crippen LogP contribution in [-0.2, 0) is 11.3 Å². The van der Waals surface area contributed by atoms with Gasteiger partial charge < -0.3 is 21.7 Å². The zero-order chi connectivity index (χ0) is 20.4. The Labute approximate surface area is 171 Å². The van der Waals surface area contributed by atoms with E-state index in [1.54, 1.807) is 0 Å². The van der Waals surface area contributed by atoms with Crippen molar-refractivity contribution in [1.82, 2.24) is 5.32 Å². The van der Waals surface area contributed by atoms with E-state index < -0.39 is 0 Å². The predicted octanol–water partition coefficient (Wildman–Crippen LogP) is 3.63. The summed E-state index contributed by atoms with van der Waals surface area (Å²) in [6, 6.07) is 14.8. The van der Waals surface area contributed by atoms with Crippen molar-refractivity contribution in [3.63, 3.8) is 0 Å². The first-order chi connectivity index (χ1) is 14.0. The number of carbonyl (C=O) groups excluding carboxylic acids is 2. The maximum Gasteiger partial charge on any atom is 0.323 e. The minimum atomic E-state index is -0.301. The number of nitrogens with one attached hydrogen (secondary N) is 3. The Morgan fingerprint density at radius 1 is 1.00 bits per heavy atom. The van der Waals surface area contributed by atoms with Gasteiger partial charge in [-0.3, -0.25) is 4.79 Å². The third kappa shape index (κ3) is 4.43. The fourth-order valence-corrected chi connectivity index (χ4v) is 4.81. The number of urea groups is 1. The Morgan fingerprint density at radius 3 is 2.38 bits per heavy atom. The molecule has 4 unspecified atom stereocenters. The van der Waals surface area contributed by atoms with E-state index in [0.29, 0.717) is 24.1 Å². The number of rotatable bonds is 5. The van der Waals surface area contributed by atoms with Gasteiger partial charge in [-0.15, -0.1) is 0 Å². The van der Waals surface area contributed by atoms with Crippen LogP contribution in [0.25, 0.3) is 0 Å². The lowest BCUT2D eigenvalue weighted by Gasteiger charge is -2.27. The number of anilines is 2. The molecule has 2 aliphatic carbocycles. The van der Waals surface area contributed by atoms with Crippen molar-refractivity contribution in [2.75, 3.05) is 10.6 Å². The second kappa shape index (κ2) is 8.25. The van der Waals surface area contributed by atoms with E-state index in [-0.39, 0.29) is 23.9 Å². The summed E-state index contributed by atoms with van der Waals surface area (Å²) in [5, 5.41) is 8.70. The molecule has 2 aromatic rings. The van der Waals surface area contributed by atoms with Crippen LogP contribution in [0.5, 0.6) is 0 Å². The van der Waals surface area contributed by atoms with Crippen LogP contribution in [0.3, 0.4) is 0 Å². The Kier molecular flexibility index (Phi) is 5.53. The lowest BCUT2D eigenvalue weighted by Crippen LogP contribution is -2.45. The van der Waals surface area contributed by atoms with Crippen molar-refractivity contribution >= 4 is 23.3 Å². The molecule has 4 rings (SSSR count). The van der Waals surface area contributed by atoms with Crippen molar-refractivity contribution in [2.45, 2.75) is 38.8 Å². The summed E-state index contributed by atoms with van der Waals surface area (Å²) in [5.74, 6) is 0.943. The molecule has 0 aromatic heterocycles. The van der Waals surface area contributed by atoms with Crippen molar-refractivity contribution in [3.8, 4) is 0 Å². The molecular weight excluding hydrogens is 364 g/mol. The van der Waals surface area contributed by atoms with Crippen LogP contribution in [0, 0.1) is 24.7 Å². The second-order valence-corrected chi connectivity index (χ2v) is 8.30. The molecule has 2 bridgehead atoms. The maximum absolute atomic E-state index is 12.6. The number of carbonyl (C=O) groups is 2. The van der Waals surface area contributed by atoms with Crippen LogP contribution in [0.2, 0.25) is 0 Å². The summed E-state index contributed by atoms with van der Waals surface area (Å²) in [4.78, 5) is 24.9. The number of aryl methyl sites for hydroxylation is 1. The van der Waals surface area contributed by atoms with Gasteiger partial charge in [-0.2, -0.15) is 0 Å². The van der Waals surface area contributed by atoms with E-state index in [9.17, 15) is 9.59 Å². The predicted molar refractivity (Wildman–Crippen MR) is 114 cm³/mol. The summed E-state index contributed by atoms with van der Waals surface area (Å²) < 4.78 is 0. The van der Waals surface area contributed by atoms with Crippen molar-refractivity contribution in [1.29, 1.82) is 0 Å². The Bertz CT molecular complexity index is 911. The van der Waals surface area contributed by atoms with E-state index >= 15 is 0 Å². The molecule has 6 heteroatoms. The first-order valence-corrected chi connectivity index (χ1v) is 10.3. The highest BCUT2D eigenvalue weighted by Crippen LogP contribution is 2.47. The molecule has 2 saturated carbocycles. The Balaban J connectivity index is 1.31. The quantitative estimate of drug-likeness (QED) is 0.626. The van der Waals surface area contributed by atoms with E-state index in [2.05, 4.69) is 16.0 Å². The van der Waals surface area contributed by atoms with Crippen molar-refractivity contribution < 1.29 is 9.59 Å². The molecule has 5 N–H and O–H groups in total. The zero-order valence-corrected chi connectivity index (χ0v) is 16.7. The topological polar surface area (TPSA) is 96.2 Å². The van der Waals surface area contributed by atoms with E-state index in [4.69, 9.17) is 5.73 Å². The number of hydrogen-bond acceptors (Lipinski definition) is 3. The van der Waals surface area contributed by atoms with Crippen LogP contribution in [0.15, 0.2) is 48.5 Å². The van der Waals surface area contributed by atoms with Gasteiger partial charge in [0.05, 0.1) is 5.92 Å². The molecule has 29 heavy (non-hydrogen) atoms. The molecule has 0 aliphatic heterocycles. The highest BCUT2D eigenvalue weighted by molar-refractivity contribution is 5.99. The van der Waals surface area contributed by atoms with Crippen molar-refractivity contribution in [3.05, 3.63) is 59.7 Å². The van der Waals surface area contributed by atoms with Gasteiger partial charge in [-0.25, -0.2) is 4.79 Å². The van der Waals surface area contributed by atoms with E-state index in [1.807, 2.05) is 55.5 Å². The lowest BCUT2D eigenvalue weighted by atomic mass is 9.84. The van der Waals surface area contributed by atoms with Crippen LogP contribution >= 0.6 is 0 Å². The van der Waals surface area contributed by atoms with Gasteiger partial charge in [0.15, 0.2) is 0 Å². The molecule has 152 valence electrons. The molecule has 2 fully saturated rings. The third-order valence-corrected chi connectivity index (χ3v) is 6.21. The highest BCUT2D eigenvalue weighted by atomic mass is 16.2. The molecule has 3 amide bonds. The molecule has 0 saturated heterocycles. The average molecular weight is 393 g/mol. The number of fused-ring (bicyclic) bond motifs is 2. The van der Waals surface area contributed by atoms with Crippen molar-refractivity contribution in [2.24, 2.45) is 23.5 Å². The van der Waals surface area contributed by atoms with Gasteiger partial charge >= 0.3 is 6.03 Å². The van der Waals surface area contributed by atoms with Gasteiger partial charge in [0.25, 0.3) is 0 Å². The first-order valence-electron chi connectivity index (χ1n) is 10.3. The van der Waals surface area contributed by atoms with Gasteiger partial charge in [-0.05, 0) is 73.4 Å². The summed E-state index contributed by atoms with van der Waals surface area (Å²) >= 11 is 0. The van der Waals surface area contributed by atoms with E-state index in [0.717, 1.165) is 36.1 Å². The summed E-state index contributed by atoms with van der Waals surface area (Å²) in [5.41, 5.74) is 9.71. The monoisotopic (exact) mass is 392 g/mol. The summed E-state index contributed by atoms with van der Waals surface area (Å²) in [7, 11) is 0. The molecule has 2 aromatic carbocycles. The molecule has 0 spiro atoms. The number of benzene rings is 2. The molecule has 4 atom stereocenters.